The summed E-state index contributed by atoms with van der Waals surface area (Å²) in [4.78, 5) is 3.80. The van der Waals surface area contributed by atoms with Crippen LogP contribution in [0.2, 0.25) is 10.0 Å². The predicted octanol–water partition coefficient (Wildman–Crippen LogP) is 3.78. The van der Waals surface area contributed by atoms with E-state index < -0.39 is 0 Å². The average molecular weight is 275 g/mol. The van der Waals surface area contributed by atoms with E-state index in [0.717, 1.165) is 0 Å². The zero-order chi connectivity index (χ0) is 11.5. The molecule has 0 saturated carbocycles. The fraction of sp³-hybridized carbons (Fsp3) is 0. The maximum atomic E-state index is 6.10. The Hall–Kier alpha value is -1.03. The van der Waals surface area contributed by atoms with Crippen molar-refractivity contribution in [2.24, 2.45) is 0 Å². The van der Waals surface area contributed by atoms with Crippen LogP contribution in [0.1, 0.15) is 5.56 Å². The summed E-state index contributed by atoms with van der Waals surface area (Å²) in [5.74, 6) is 0. The molecule has 0 spiro atoms. The van der Waals surface area contributed by atoms with Gasteiger partial charge in [-0.1, -0.05) is 40.9 Å². The first-order valence-corrected chi connectivity index (χ1v) is 5.47. The molecule has 0 unspecified atom stereocenters. The smallest absolute Gasteiger partial charge is 0.138 e. The largest absolute Gasteiger partial charge is 0.227 e. The van der Waals surface area contributed by atoms with Crippen LogP contribution >= 0.6 is 34.8 Å². The van der Waals surface area contributed by atoms with Gasteiger partial charge in [-0.3, -0.25) is 0 Å². The monoisotopic (exact) mass is 273 g/mol. The molecule has 0 aliphatic heterocycles. The van der Waals surface area contributed by atoms with Crippen LogP contribution < -0.4 is 0 Å². The maximum absolute atomic E-state index is 6.10. The van der Waals surface area contributed by atoms with Crippen LogP contribution in [0.25, 0.3) is 11.2 Å². The molecule has 2 aromatic rings. The molecule has 16 heavy (non-hydrogen) atoms. The molecular weight excluding hydrogens is 268 g/mol. The molecule has 0 amide bonds. The minimum absolute atomic E-state index is 0.465. The topological polar surface area (TPSA) is 30.7 Å². The highest BCUT2D eigenvalue weighted by Gasteiger charge is 2.05. The van der Waals surface area contributed by atoms with Crippen molar-refractivity contribution in [3.8, 4) is 0 Å². The second kappa shape index (κ2) is 4.87. The summed E-state index contributed by atoms with van der Waals surface area (Å²) >= 11 is 17.9. The summed E-state index contributed by atoms with van der Waals surface area (Å²) in [6, 6.07) is 5.11. The first kappa shape index (κ1) is 11.5. The van der Waals surface area contributed by atoms with Crippen molar-refractivity contribution >= 4 is 46.0 Å². The average Bonchev–Trinajstić information content (AvgIpc) is 2.70. The van der Waals surface area contributed by atoms with Gasteiger partial charge in [-0.25, -0.2) is 9.67 Å². The summed E-state index contributed by atoms with van der Waals surface area (Å²) in [6.07, 6.45) is 4.57. The van der Waals surface area contributed by atoms with Crippen molar-refractivity contribution in [1.82, 2.24) is 14.8 Å². The molecular formula is C10H6Cl3N3. The summed E-state index contributed by atoms with van der Waals surface area (Å²) in [5.41, 5.74) is 0.697. The molecule has 6 heteroatoms. The Balaban J connectivity index is 2.37. The highest BCUT2D eigenvalue weighted by Crippen LogP contribution is 2.29. The number of hydrogen-bond donors (Lipinski definition) is 0. The molecule has 1 aromatic carbocycles. The van der Waals surface area contributed by atoms with Crippen LogP contribution in [0.15, 0.2) is 30.9 Å². The minimum atomic E-state index is 0.465. The van der Waals surface area contributed by atoms with Crippen molar-refractivity contribution < 1.29 is 0 Å². The SMILES string of the molecule is Cl/C(=C/n1cncn1)c1ccc(Cl)cc1Cl. The van der Waals surface area contributed by atoms with Crippen LogP contribution in [0.3, 0.4) is 0 Å². The molecule has 0 aliphatic carbocycles. The van der Waals surface area contributed by atoms with Crippen LogP contribution in [-0.2, 0) is 0 Å². The Morgan fingerprint density at radius 3 is 2.75 bits per heavy atom. The van der Waals surface area contributed by atoms with E-state index in [0.29, 0.717) is 20.6 Å². The fourth-order valence-corrected chi connectivity index (χ4v) is 1.98. The number of halogens is 3. The molecule has 0 radical (unpaired) electrons. The molecule has 0 N–H and O–H groups in total. The van der Waals surface area contributed by atoms with Crippen molar-refractivity contribution in [2.75, 3.05) is 0 Å². The van der Waals surface area contributed by atoms with E-state index in [9.17, 15) is 0 Å². The highest BCUT2D eigenvalue weighted by atomic mass is 35.5. The van der Waals surface area contributed by atoms with E-state index in [4.69, 9.17) is 34.8 Å². The lowest BCUT2D eigenvalue weighted by Crippen LogP contribution is -1.88. The van der Waals surface area contributed by atoms with E-state index in [1.807, 2.05) is 0 Å². The third-order valence-electron chi connectivity index (χ3n) is 1.87. The minimum Gasteiger partial charge on any atom is -0.227 e. The van der Waals surface area contributed by atoms with Gasteiger partial charge in [0.1, 0.15) is 12.7 Å². The first-order valence-electron chi connectivity index (χ1n) is 4.33. The van der Waals surface area contributed by atoms with Gasteiger partial charge >= 0.3 is 0 Å². The van der Waals surface area contributed by atoms with Crippen LogP contribution in [0.4, 0.5) is 0 Å². The number of hydrogen-bond acceptors (Lipinski definition) is 2. The highest BCUT2D eigenvalue weighted by molar-refractivity contribution is 6.52. The van der Waals surface area contributed by atoms with E-state index in [1.165, 1.54) is 17.3 Å². The van der Waals surface area contributed by atoms with Crippen molar-refractivity contribution in [3.63, 3.8) is 0 Å². The Morgan fingerprint density at radius 2 is 2.12 bits per heavy atom. The molecule has 0 fully saturated rings. The normalized spacial score (nSPS) is 11.8. The summed E-state index contributed by atoms with van der Waals surface area (Å²) in [5, 5.41) is 5.43. The number of benzene rings is 1. The molecule has 2 rings (SSSR count). The van der Waals surface area contributed by atoms with Crippen LogP contribution in [0.5, 0.6) is 0 Å². The lowest BCUT2D eigenvalue weighted by Gasteiger charge is -2.03. The third-order valence-corrected chi connectivity index (χ3v) is 2.72. The summed E-state index contributed by atoms with van der Waals surface area (Å²) < 4.78 is 1.49. The Morgan fingerprint density at radius 1 is 1.31 bits per heavy atom. The molecule has 0 aliphatic rings. The van der Waals surface area contributed by atoms with Gasteiger partial charge in [0.2, 0.25) is 0 Å². The fourth-order valence-electron chi connectivity index (χ4n) is 1.15. The number of rotatable bonds is 2. The van der Waals surface area contributed by atoms with Gasteiger partial charge in [-0.15, -0.1) is 0 Å². The van der Waals surface area contributed by atoms with E-state index in [1.54, 1.807) is 24.4 Å². The predicted molar refractivity (Wildman–Crippen MR) is 66.5 cm³/mol. The lowest BCUT2D eigenvalue weighted by molar-refractivity contribution is 0.936. The van der Waals surface area contributed by atoms with Crippen molar-refractivity contribution in [3.05, 3.63) is 46.5 Å². The van der Waals surface area contributed by atoms with E-state index in [-0.39, 0.29) is 0 Å². The third kappa shape index (κ3) is 2.55. The Kier molecular flexibility index (Phi) is 3.49. The second-order valence-corrected chi connectivity index (χ2v) is 4.23. The standard InChI is InChI=1S/C10H6Cl3N3/c11-7-1-2-8(9(12)3-7)10(13)4-16-6-14-5-15-16/h1-6H/b10-4+. The van der Waals surface area contributed by atoms with Gasteiger partial charge in [0.15, 0.2) is 0 Å². The maximum Gasteiger partial charge on any atom is 0.138 e. The molecule has 82 valence electrons. The van der Waals surface area contributed by atoms with Gasteiger partial charge in [0.05, 0.1) is 10.1 Å². The van der Waals surface area contributed by atoms with Crippen molar-refractivity contribution in [2.45, 2.75) is 0 Å². The zero-order valence-electron chi connectivity index (χ0n) is 7.94. The van der Waals surface area contributed by atoms with Gasteiger partial charge in [-0.2, -0.15) is 5.10 Å². The van der Waals surface area contributed by atoms with Gasteiger partial charge in [0, 0.05) is 16.8 Å². The van der Waals surface area contributed by atoms with E-state index >= 15 is 0 Å². The molecule has 1 aromatic heterocycles. The zero-order valence-corrected chi connectivity index (χ0v) is 10.2. The van der Waals surface area contributed by atoms with Crippen LogP contribution in [-0.4, -0.2) is 14.8 Å². The first-order chi connectivity index (χ1) is 7.66. The Labute approximate surface area is 107 Å². The molecule has 0 bridgehead atoms. The van der Waals surface area contributed by atoms with Gasteiger partial charge in [-0.05, 0) is 12.1 Å². The second-order valence-electron chi connectivity index (χ2n) is 2.98. The van der Waals surface area contributed by atoms with Gasteiger partial charge < -0.3 is 0 Å². The quantitative estimate of drug-likeness (QED) is 0.834. The summed E-state index contributed by atoms with van der Waals surface area (Å²) in [7, 11) is 0. The molecule has 0 atom stereocenters. The Bertz CT molecular complexity index is 520. The lowest BCUT2D eigenvalue weighted by atomic mass is 10.2. The molecule has 3 nitrogen and oxygen atoms in total. The van der Waals surface area contributed by atoms with E-state index in [2.05, 4.69) is 10.1 Å². The van der Waals surface area contributed by atoms with Crippen LogP contribution in [0, 0.1) is 0 Å². The van der Waals surface area contributed by atoms with Crippen molar-refractivity contribution in [1.29, 1.82) is 0 Å². The molecule has 0 saturated heterocycles. The summed E-state index contributed by atoms with van der Waals surface area (Å²) in [6.45, 7) is 0. The number of aromatic nitrogens is 3. The number of nitrogens with zero attached hydrogens (tertiary/aromatic N) is 3. The van der Waals surface area contributed by atoms with Gasteiger partial charge in [0.25, 0.3) is 0 Å². The molecule has 1 heterocycles.